The minimum absolute atomic E-state index is 0.221. The zero-order valence-corrected chi connectivity index (χ0v) is 11.3. The summed E-state index contributed by atoms with van der Waals surface area (Å²) in [4.78, 5) is 0. The smallest absolute Gasteiger partial charge is 0.269 e. The third-order valence-electron chi connectivity index (χ3n) is 2.72. The lowest BCUT2D eigenvalue weighted by Crippen LogP contribution is -2.31. The molecule has 0 aliphatic carbocycles. The number of hydrogen-bond acceptors (Lipinski definition) is 2. The van der Waals surface area contributed by atoms with Crippen molar-refractivity contribution in [3.05, 3.63) is 29.3 Å². The fourth-order valence-electron chi connectivity index (χ4n) is 1.95. The van der Waals surface area contributed by atoms with Crippen molar-refractivity contribution >= 4 is 16.0 Å². The van der Waals surface area contributed by atoms with Crippen LogP contribution in [-0.2, 0) is 16.7 Å². The van der Waals surface area contributed by atoms with Crippen molar-refractivity contribution in [2.45, 2.75) is 33.6 Å². The Morgan fingerprint density at radius 2 is 1.94 bits per heavy atom. The predicted octanol–water partition coefficient (Wildman–Crippen LogP) is 2.58. The minimum atomic E-state index is -4.19. The maximum absolute atomic E-state index is 11.3. The molecule has 0 aliphatic rings. The van der Waals surface area contributed by atoms with Crippen LogP contribution in [0, 0.1) is 6.92 Å². The standard InChI is InChI=1S/C12H19NO3S/c1-4-7-11-10(3)8-6-9-12(11)13(5-2)17(14,15)16/h6,8-9H,4-5,7H2,1-3H3,(H,14,15,16). The lowest BCUT2D eigenvalue weighted by molar-refractivity contribution is 0.478. The van der Waals surface area contributed by atoms with Gasteiger partial charge in [0.25, 0.3) is 0 Å². The van der Waals surface area contributed by atoms with E-state index in [0.717, 1.165) is 28.3 Å². The summed E-state index contributed by atoms with van der Waals surface area (Å²) in [5.41, 5.74) is 2.61. The third-order valence-corrected chi connectivity index (χ3v) is 3.73. The van der Waals surface area contributed by atoms with Gasteiger partial charge in [0.15, 0.2) is 0 Å². The largest absolute Gasteiger partial charge is 0.359 e. The first-order chi connectivity index (χ1) is 7.91. The maximum atomic E-state index is 11.3. The van der Waals surface area contributed by atoms with E-state index in [2.05, 4.69) is 0 Å². The van der Waals surface area contributed by atoms with E-state index in [-0.39, 0.29) is 6.54 Å². The molecule has 0 aliphatic heterocycles. The van der Waals surface area contributed by atoms with Crippen molar-refractivity contribution in [2.24, 2.45) is 0 Å². The van der Waals surface area contributed by atoms with Crippen molar-refractivity contribution in [1.29, 1.82) is 0 Å². The lowest BCUT2D eigenvalue weighted by atomic mass is 10.0. The summed E-state index contributed by atoms with van der Waals surface area (Å²) in [6.45, 7) is 5.91. The number of hydrogen-bond donors (Lipinski definition) is 1. The molecule has 5 heteroatoms. The molecule has 0 heterocycles. The average Bonchev–Trinajstić information content (AvgIpc) is 2.22. The molecule has 1 aromatic rings. The Bertz CT molecular complexity index is 483. The first-order valence-electron chi connectivity index (χ1n) is 5.75. The van der Waals surface area contributed by atoms with Gasteiger partial charge in [0.05, 0.1) is 5.69 Å². The molecule has 96 valence electrons. The van der Waals surface area contributed by atoms with Crippen LogP contribution in [0.15, 0.2) is 18.2 Å². The number of benzene rings is 1. The van der Waals surface area contributed by atoms with Gasteiger partial charge >= 0.3 is 10.3 Å². The zero-order chi connectivity index (χ0) is 13.1. The Hall–Kier alpha value is -1.07. The van der Waals surface area contributed by atoms with Crippen LogP contribution in [0.2, 0.25) is 0 Å². The molecule has 1 N–H and O–H groups in total. The van der Waals surface area contributed by atoms with Gasteiger partial charge in [-0.2, -0.15) is 8.42 Å². The summed E-state index contributed by atoms with van der Waals surface area (Å²) >= 11 is 0. The second-order valence-electron chi connectivity index (χ2n) is 3.97. The van der Waals surface area contributed by atoms with E-state index in [0.29, 0.717) is 5.69 Å². The van der Waals surface area contributed by atoms with Gasteiger partial charge in [0.2, 0.25) is 0 Å². The molecular formula is C12H19NO3S. The van der Waals surface area contributed by atoms with Crippen LogP contribution in [0.3, 0.4) is 0 Å². The lowest BCUT2D eigenvalue weighted by Gasteiger charge is -2.23. The van der Waals surface area contributed by atoms with Gasteiger partial charge in [0, 0.05) is 6.54 Å². The minimum Gasteiger partial charge on any atom is -0.269 e. The fourth-order valence-corrected chi connectivity index (χ4v) is 2.70. The molecule has 0 bridgehead atoms. The van der Waals surface area contributed by atoms with E-state index >= 15 is 0 Å². The van der Waals surface area contributed by atoms with Crippen molar-refractivity contribution < 1.29 is 13.0 Å². The molecule has 1 rings (SSSR count). The Morgan fingerprint density at radius 1 is 1.29 bits per heavy atom. The highest BCUT2D eigenvalue weighted by Crippen LogP contribution is 2.26. The molecule has 0 aromatic heterocycles. The van der Waals surface area contributed by atoms with Crippen LogP contribution in [0.1, 0.15) is 31.4 Å². The molecule has 0 amide bonds. The molecule has 0 unspecified atom stereocenters. The molecule has 17 heavy (non-hydrogen) atoms. The molecule has 0 atom stereocenters. The van der Waals surface area contributed by atoms with E-state index < -0.39 is 10.3 Å². The van der Waals surface area contributed by atoms with E-state index in [1.165, 1.54) is 0 Å². The zero-order valence-electron chi connectivity index (χ0n) is 10.5. The molecular weight excluding hydrogens is 238 g/mol. The van der Waals surface area contributed by atoms with Crippen molar-refractivity contribution in [1.82, 2.24) is 0 Å². The van der Waals surface area contributed by atoms with Crippen LogP contribution in [-0.4, -0.2) is 19.5 Å². The number of rotatable bonds is 5. The monoisotopic (exact) mass is 257 g/mol. The quantitative estimate of drug-likeness (QED) is 0.825. The first kappa shape index (κ1) is 14.0. The summed E-state index contributed by atoms with van der Waals surface area (Å²) < 4.78 is 32.9. The normalized spacial score (nSPS) is 11.5. The topological polar surface area (TPSA) is 57.6 Å². The highest BCUT2D eigenvalue weighted by Gasteiger charge is 2.20. The highest BCUT2D eigenvalue weighted by atomic mass is 32.2. The second kappa shape index (κ2) is 5.51. The first-order valence-corrected chi connectivity index (χ1v) is 7.15. The van der Waals surface area contributed by atoms with E-state index in [1.54, 1.807) is 19.1 Å². The molecule has 0 saturated heterocycles. The predicted molar refractivity (Wildman–Crippen MR) is 69.7 cm³/mol. The molecule has 0 radical (unpaired) electrons. The maximum Gasteiger partial charge on any atom is 0.359 e. The van der Waals surface area contributed by atoms with E-state index in [9.17, 15) is 13.0 Å². The van der Waals surface area contributed by atoms with Crippen LogP contribution in [0.5, 0.6) is 0 Å². The van der Waals surface area contributed by atoms with E-state index in [1.807, 2.05) is 19.9 Å². The van der Waals surface area contributed by atoms with Gasteiger partial charge in [-0.3, -0.25) is 4.55 Å². The Labute approximate surface area is 103 Å². The van der Waals surface area contributed by atoms with Crippen LogP contribution >= 0.6 is 0 Å². The Balaban J connectivity index is 3.33. The van der Waals surface area contributed by atoms with Crippen LogP contribution in [0.4, 0.5) is 5.69 Å². The molecule has 0 spiro atoms. The van der Waals surface area contributed by atoms with Gasteiger partial charge in [0.1, 0.15) is 0 Å². The van der Waals surface area contributed by atoms with Crippen LogP contribution in [0.25, 0.3) is 0 Å². The Morgan fingerprint density at radius 3 is 2.41 bits per heavy atom. The number of anilines is 1. The van der Waals surface area contributed by atoms with Crippen molar-refractivity contribution in [2.75, 3.05) is 10.8 Å². The average molecular weight is 257 g/mol. The molecule has 0 saturated carbocycles. The highest BCUT2D eigenvalue weighted by molar-refractivity contribution is 7.87. The summed E-state index contributed by atoms with van der Waals surface area (Å²) in [7, 11) is -4.19. The Kier molecular flexibility index (Phi) is 4.54. The number of aryl methyl sites for hydroxylation is 1. The molecule has 0 fully saturated rings. The summed E-state index contributed by atoms with van der Waals surface area (Å²) in [5.74, 6) is 0. The van der Waals surface area contributed by atoms with Crippen LogP contribution < -0.4 is 4.31 Å². The van der Waals surface area contributed by atoms with Gasteiger partial charge in [-0.15, -0.1) is 0 Å². The SMILES string of the molecule is CCCc1c(C)cccc1N(CC)S(=O)(=O)O. The van der Waals surface area contributed by atoms with Gasteiger partial charge in [-0.05, 0) is 37.5 Å². The van der Waals surface area contributed by atoms with Gasteiger partial charge < -0.3 is 0 Å². The van der Waals surface area contributed by atoms with Gasteiger partial charge in [-0.25, -0.2) is 4.31 Å². The molecule has 4 nitrogen and oxygen atoms in total. The van der Waals surface area contributed by atoms with Crippen molar-refractivity contribution in [3.8, 4) is 0 Å². The van der Waals surface area contributed by atoms with E-state index in [4.69, 9.17) is 0 Å². The summed E-state index contributed by atoms with van der Waals surface area (Å²) in [6, 6.07) is 5.49. The second-order valence-corrected chi connectivity index (χ2v) is 5.30. The summed E-state index contributed by atoms with van der Waals surface area (Å²) in [6.07, 6.45) is 1.73. The fraction of sp³-hybridized carbons (Fsp3) is 0.500. The van der Waals surface area contributed by atoms with Gasteiger partial charge in [-0.1, -0.05) is 25.5 Å². The number of nitrogens with zero attached hydrogens (tertiary/aromatic N) is 1. The van der Waals surface area contributed by atoms with Crippen molar-refractivity contribution in [3.63, 3.8) is 0 Å². The molecule has 1 aromatic carbocycles. The summed E-state index contributed by atoms with van der Waals surface area (Å²) in [5, 5.41) is 0. The third kappa shape index (κ3) is 3.20.